The van der Waals surface area contributed by atoms with Crippen molar-refractivity contribution in [2.75, 3.05) is 11.9 Å². The molecule has 0 atom stereocenters. The molecular formula is C22H26N2O3. The van der Waals surface area contributed by atoms with E-state index in [1.54, 1.807) is 36.4 Å². The molecule has 2 aromatic rings. The van der Waals surface area contributed by atoms with Crippen LogP contribution in [0.5, 0.6) is 0 Å². The molecule has 2 aromatic carbocycles. The second-order valence-corrected chi connectivity index (χ2v) is 7.52. The first-order valence-electron chi connectivity index (χ1n) is 8.96. The van der Waals surface area contributed by atoms with Gasteiger partial charge in [0.25, 0.3) is 5.91 Å². The normalized spacial score (nSPS) is 11.0. The van der Waals surface area contributed by atoms with Crippen LogP contribution in [-0.4, -0.2) is 24.1 Å². The van der Waals surface area contributed by atoms with Crippen LogP contribution in [0.4, 0.5) is 5.69 Å². The molecule has 0 spiro atoms. The number of carbonyl (C=O) groups is 3. The molecule has 5 heteroatoms. The fraction of sp³-hybridized carbons (Fsp3) is 0.318. The van der Waals surface area contributed by atoms with Crippen LogP contribution in [0.2, 0.25) is 0 Å². The minimum atomic E-state index is -0.223. The number of amides is 2. The van der Waals surface area contributed by atoms with E-state index in [1.807, 2.05) is 12.1 Å². The topological polar surface area (TPSA) is 75.3 Å². The van der Waals surface area contributed by atoms with Crippen LogP contribution in [0, 0.1) is 0 Å². The molecular weight excluding hydrogens is 340 g/mol. The van der Waals surface area contributed by atoms with Gasteiger partial charge in [-0.15, -0.1) is 0 Å². The molecule has 0 saturated carbocycles. The molecule has 0 unspecified atom stereocenters. The Morgan fingerprint density at radius 1 is 0.926 bits per heavy atom. The Morgan fingerprint density at radius 3 is 2.19 bits per heavy atom. The zero-order valence-corrected chi connectivity index (χ0v) is 16.3. The highest BCUT2D eigenvalue weighted by Crippen LogP contribution is 2.22. The summed E-state index contributed by atoms with van der Waals surface area (Å²) < 4.78 is 0. The average Bonchev–Trinajstić information content (AvgIpc) is 2.61. The number of benzene rings is 2. The van der Waals surface area contributed by atoms with Gasteiger partial charge in [0.2, 0.25) is 5.91 Å². The van der Waals surface area contributed by atoms with Gasteiger partial charge in [0, 0.05) is 29.8 Å². The molecule has 0 radical (unpaired) electrons. The summed E-state index contributed by atoms with van der Waals surface area (Å²) in [6.45, 7) is 8.06. The largest absolute Gasteiger partial charge is 0.352 e. The second kappa shape index (κ2) is 8.62. The fourth-order valence-electron chi connectivity index (χ4n) is 2.55. The van der Waals surface area contributed by atoms with Crippen LogP contribution >= 0.6 is 0 Å². The summed E-state index contributed by atoms with van der Waals surface area (Å²) in [6, 6.07) is 14.3. The van der Waals surface area contributed by atoms with E-state index in [-0.39, 0.29) is 36.0 Å². The smallest absolute Gasteiger partial charge is 0.251 e. The van der Waals surface area contributed by atoms with E-state index in [4.69, 9.17) is 0 Å². The summed E-state index contributed by atoms with van der Waals surface area (Å²) in [5.41, 5.74) is 2.87. The maximum Gasteiger partial charge on any atom is 0.251 e. The van der Waals surface area contributed by atoms with Crippen molar-refractivity contribution in [3.05, 3.63) is 65.2 Å². The van der Waals surface area contributed by atoms with Gasteiger partial charge in [0.15, 0.2) is 5.78 Å². The van der Waals surface area contributed by atoms with Gasteiger partial charge >= 0.3 is 0 Å². The minimum absolute atomic E-state index is 0.0345. The number of hydrogen-bond acceptors (Lipinski definition) is 3. The van der Waals surface area contributed by atoms with E-state index < -0.39 is 0 Å². The van der Waals surface area contributed by atoms with E-state index in [0.29, 0.717) is 16.8 Å². The molecule has 27 heavy (non-hydrogen) atoms. The zero-order valence-electron chi connectivity index (χ0n) is 16.3. The van der Waals surface area contributed by atoms with Crippen LogP contribution in [-0.2, 0) is 10.2 Å². The first-order chi connectivity index (χ1) is 12.7. The van der Waals surface area contributed by atoms with Gasteiger partial charge in [-0.25, -0.2) is 0 Å². The molecule has 2 N–H and O–H groups in total. The summed E-state index contributed by atoms with van der Waals surface area (Å²) >= 11 is 0. The number of anilines is 1. The molecule has 0 aliphatic rings. The average molecular weight is 366 g/mol. The van der Waals surface area contributed by atoms with Gasteiger partial charge in [-0.05, 0) is 42.2 Å². The van der Waals surface area contributed by atoms with Gasteiger partial charge in [0.1, 0.15) is 0 Å². The lowest BCUT2D eigenvalue weighted by molar-refractivity contribution is -0.116. The summed E-state index contributed by atoms with van der Waals surface area (Å²) in [5.74, 6) is -0.489. The van der Waals surface area contributed by atoms with Crippen LogP contribution in [0.25, 0.3) is 0 Å². The van der Waals surface area contributed by atoms with Crippen molar-refractivity contribution in [3.8, 4) is 0 Å². The van der Waals surface area contributed by atoms with Crippen molar-refractivity contribution >= 4 is 23.3 Å². The van der Waals surface area contributed by atoms with Crippen molar-refractivity contribution in [1.82, 2.24) is 5.32 Å². The Bertz CT molecular complexity index is 833. The third kappa shape index (κ3) is 6.06. The lowest BCUT2D eigenvalue weighted by Gasteiger charge is -2.19. The summed E-state index contributed by atoms with van der Waals surface area (Å²) in [5, 5.41) is 5.48. The van der Waals surface area contributed by atoms with E-state index >= 15 is 0 Å². The second-order valence-electron chi connectivity index (χ2n) is 7.52. The SMILES string of the molecule is CC(=O)c1cccc(NC(=O)CCNC(=O)c2ccc(C(C)(C)C)cc2)c1. The third-order valence-corrected chi connectivity index (χ3v) is 4.20. The highest BCUT2D eigenvalue weighted by atomic mass is 16.2. The first kappa shape index (κ1) is 20.4. The summed E-state index contributed by atoms with van der Waals surface area (Å²) in [7, 11) is 0. The van der Waals surface area contributed by atoms with Crippen molar-refractivity contribution < 1.29 is 14.4 Å². The van der Waals surface area contributed by atoms with Crippen molar-refractivity contribution in [1.29, 1.82) is 0 Å². The lowest BCUT2D eigenvalue weighted by atomic mass is 9.87. The number of Topliss-reactive ketones (excluding diaryl/α,β-unsaturated/α-hetero) is 1. The Labute approximate surface area is 160 Å². The summed E-state index contributed by atoms with van der Waals surface area (Å²) in [4.78, 5) is 35.6. The molecule has 0 bridgehead atoms. The predicted octanol–water partition coefficient (Wildman–Crippen LogP) is 3.95. The van der Waals surface area contributed by atoms with Gasteiger partial charge in [-0.3, -0.25) is 14.4 Å². The third-order valence-electron chi connectivity index (χ3n) is 4.20. The molecule has 5 nitrogen and oxygen atoms in total. The molecule has 0 heterocycles. The maximum atomic E-state index is 12.2. The Hall–Kier alpha value is -2.95. The van der Waals surface area contributed by atoms with Gasteiger partial charge in [-0.1, -0.05) is 45.0 Å². The van der Waals surface area contributed by atoms with E-state index in [9.17, 15) is 14.4 Å². The Kier molecular flexibility index (Phi) is 6.50. The quantitative estimate of drug-likeness (QED) is 0.760. The minimum Gasteiger partial charge on any atom is -0.352 e. The number of nitrogens with one attached hydrogen (secondary N) is 2. The molecule has 142 valence electrons. The van der Waals surface area contributed by atoms with Crippen LogP contribution < -0.4 is 10.6 Å². The molecule has 2 rings (SSSR count). The zero-order chi connectivity index (χ0) is 20.0. The number of carbonyl (C=O) groups excluding carboxylic acids is 3. The Morgan fingerprint density at radius 2 is 1.59 bits per heavy atom. The molecule has 0 saturated heterocycles. The number of ketones is 1. The molecule has 0 aliphatic carbocycles. The van der Waals surface area contributed by atoms with E-state index in [1.165, 1.54) is 6.92 Å². The highest BCUT2D eigenvalue weighted by Gasteiger charge is 2.14. The molecule has 2 amide bonds. The van der Waals surface area contributed by atoms with Crippen LogP contribution in [0.15, 0.2) is 48.5 Å². The van der Waals surface area contributed by atoms with Gasteiger partial charge in [0.05, 0.1) is 0 Å². The van der Waals surface area contributed by atoms with E-state index in [0.717, 1.165) is 5.56 Å². The number of hydrogen-bond donors (Lipinski definition) is 2. The van der Waals surface area contributed by atoms with Crippen molar-refractivity contribution in [2.45, 2.75) is 39.5 Å². The van der Waals surface area contributed by atoms with Crippen molar-refractivity contribution in [3.63, 3.8) is 0 Å². The maximum absolute atomic E-state index is 12.2. The standard InChI is InChI=1S/C22H26N2O3/c1-15(25)17-6-5-7-19(14-17)24-20(26)12-13-23-21(27)16-8-10-18(11-9-16)22(2,3)4/h5-11,14H,12-13H2,1-4H3,(H,23,27)(H,24,26). The number of rotatable bonds is 6. The fourth-order valence-corrected chi connectivity index (χ4v) is 2.55. The van der Waals surface area contributed by atoms with Gasteiger partial charge in [-0.2, -0.15) is 0 Å². The molecule has 0 fully saturated rings. The summed E-state index contributed by atoms with van der Waals surface area (Å²) in [6.07, 6.45) is 0.149. The molecule has 0 aromatic heterocycles. The predicted molar refractivity (Wildman–Crippen MR) is 107 cm³/mol. The highest BCUT2D eigenvalue weighted by molar-refractivity contribution is 5.97. The lowest BCUT2D eigenvalue weighted by Crippen LogP contribution is -2.27. The van der Waals surface area contributed by atoms with Gasteiger partial charge < -0.3 is 10.6 Å². The Balaban J connectivity index is 1.83. The monoisotopic (exact) mass is 366 g/mol. The molecule has 0 aliphatic heterocycles. The van der Waals surface area contributed by atoms with E-state index in [2.05, 4.69) is 31.4 Å². The van der Waals surface area contributed by atoms with Crippen LogP contribution in [0.3, 0.4) is 0 Å². The van der Waals surface area contributed by atoms with Crippen molar-refractivity contribution in [2.24, 2.45) is 0 Å². The van der Waals surface area contributed by atoms with Crippen LogP contribution in [0.1, 0.15) is 60.4 Å². The first-order valence-corrected chi connectivity index (χ1v) is 8.96.